The van der Waals surface area contributed by atoms with Crippen LogP contribution in [0.4, 0.5) is 13.2 Å². The molecule has 3 rings (SSSR count). The second-order valence-corrected chi connectivity index (χ2v) is 9.53. The van der Waals surface area contributed by atoms with Gasteiger partial charge in [0.25, 0.3) is 0 Å². The SMILES string of the molecule is O=C1OCCC12CC1CC2CC1OS(=O)(=O)NS(=O)(=O)C(F)(F)F. The Balaban J connectivity index is 1.68. The van der Waals surface area contributed by atoms with Crippen molar-refractivity contribution in [2.75, 3.05) is 6.61 Å². The highest BCUT2D eigenvalue weighted by Gasteiger charge is 2.62. The van der Waals surface area contributed by atoms with Gasteiger partial charge in [0.15, 0.2) is 0 Å². The van der Waals surface area contributed by atoms with E-state index < -0.39 is 37.4 Å². The van der Waals surface area contributed by atoms with Gasteiger partial charge in [-0.05, 0) is 37.5 Å². The number of halogens is 3. The first-order chi connectivity index (χ1) is 10.9. The molecule has 0 aromatic rings. The predicted octanol–water partition coefficient (Wildman–Crippen LogP) is 0.419. The van der Waals surface area contributed by atoms with E-state index in [4.69, 9.17) is 4.74 Å². The highest BCUT2D eigenvalue weighted by Crippen LogP contribution is 2.60. The molecule has 2 aliphatic carbocycles. The number of carbonyl (C=O) groups is 1. The van der Waals surface area contributed by atoms with Crippen LogP contribution in [-0.4, -0.2) is 41.0 Å². The van der Waals surface area contributed by atoms with Crippen LogP contribution in [0, 0.1) is 17.3 Å². The Labute approximate surface area is 136 Å². The molecule has 4 atom stereocenters. The van der Waals surface area contributed by atoms with Crippen molar-refractivity contribution in [3.63, 3.8) is 0 Å². The molecule has 1 aliphatic heterocycles. The maximum Gasteiger partial charge on any atom is 0.512 e. The molecule has 3 fully saturated rings. The number of carbonyl (C=O) groups excluding carboxylic acids is 1. The number of fused-ring (bicyclic) bond motifs is 3. The summed E-state index contributed by atoms with van der Waals surface area (Å²) in [5, 5.41) is 0. The standard InChI is InChI=1S/C11H14F3NO7S2/c12-11(13,14)23(17,18)15-24(19,20)22-8-4-7-3-6(8)5-10(7)1-2-21-9(10)16/h6-8,15H,1-5H2. The van der Waals surface area contributed by atoms with Gasteiger partial charge in [-0.2, -0.15) is 21.6 Å². The van der Waals surface area contributed by atoms with Crippen LogP contribution in [0.5, 0.6) is 0 Å². The average Bonchev–Trinajstić information content (AvgIpc) is 3.03. The van der Waals surface area contributed by atoms with E-state index in [9.17, 15) is 34.8 Å². The number of alkyl halides is 3. The van der Waals surface area contributed by atoms with Gasteiger partial charge in [0.1, 0.15) is 0 Å². The quantitative estimate of drug-likeness (QED) is 0.688. The fourth-order valence-corrected chi connectivity index (χ4v) is 6.17. The van der Waals surface area contributed by atoms with Crippen LogP contribution in [-0.2, 0) is 34.0 Å². The van der Waals surface area contributed by atoms with Crippen LogP contribution < -0.4 is 4.13 Å². The summed E-state index contributed by atoms with van der Waals surface area (Å²) in [5.41, 5.74) is -6.43. The summed E-state index contributed by atoms with van der Waals surface area (Å²) in [7, 11) is -11.2. The Morgan fingerprint density at radius 2 is 1.88 bits per heavy atom. The summed E-state index contributed by atoms with van der Waals surface area (Å²) >= 11 is 0. The van der Waals surface area contributed by atoms with Gasteiger partial charge in [-0.25, -0.2) is 8.42 Å². The normalized spacial score (nSPS) is 36.5. The molecule has 138 valence electrons. The molecule has 2 saturated carbocycles. The Bertz CT molecular complexity index is 763. The molecule has 3 aliphatic rings. The van der Waals surface area contributed by atoms with Crippen molar-refractivity contribution in [1.82, 2.24) is 4.13 Å². The van der Waals surface area contributed by atoms with Gasteiger partial charge in [-0.15, -0.1) is 0 Å². The highest BCUT2D eigenvalue weighted by atomic mass is 32.3. The number of sulfonamides is 1. The topological polar surface area (TPSA) is 116 Å². The lowest BCUT2D eigenvalue weighted by Gasteiger charge is -2.32. The lowest BCUT2D eigenvalue weighted by atomic mass is 9.71. The summed E-state index contributed by atoms with van der Waals surface area (Å²) in [6.07, 6.45) is 0.513. The Morgan fingerprint density at radius 1 is 1.21 bits per heavy atom. The van der Waals surface area contributed by atoms with E-state index >= 15 is 0 Å². The number of esters is 1. The molecule has 8 nitrogen and oxygen atoms in total. The van der Waals surface area contributed by atoms with Crippen molar-refractivity contribution in [3.8, 4) is 0 Å². The van der Waals surface area contributed by atoms with E-state index in [0.717, 1.165) is 0 Å². The minimum absolute atomic E-state index is 0.146. The first-order valence-electron chi connectivity index (χ1n) is 7.07. The fraction of sp³-hybridized carbons (Fsp3) is 0.909. The molecule has 4 unspecified atom stereocenters. The second-order valence-electron chi connectivity index (χ2n) is 6.30. The molecule has 0 radical (unpaired) electrons. The molecule has 24 heavy (non-hydrogen) atoms. The third kappa shape index (κ3) is 2.80. The average molecular weight is 393 g/mol. The van der Waals surface area contributed by atoms with E-state index in [1.165, 1.54) is 0 Å². The van der Waals surface area contributed by atoms with Gasteiger partial charge in [0.2, 0.25) is 0 Å². The third-order valence-electron chi connectivity index (χ3n) is 4.99. The van der Waals surface area contributed by atoms with Crippen LogP contribution >= 0.6 is 0 Å². The van der Waals surface area contributed by atoms with Crippen LogP contribution in [0.2, 0.25) is 0 Å². The molecule has 0 aromatic heterocycles. The Kier molecular flexibility index (Phi) is 3.94. The van der Waals surface area contributed by atoms with E-state index in [2.05, 4.69) is 4.18 Å². The first kappa shape index (κ1) is 17.9. The highest BCUT2D eigenvalue weighted by molar-refractivity contribution is 8.03. The predicted molar refractivity (Wildman–Crippen MR) is 70.7 cm³/mol. The van der Waals surface area contributed by atoms with Crippen LogP contribution in [0.15, 0.2) is 0 Å². The monoisotopic (exact) mass is 393 g/mol. The lowest BCUT2D eigenvalue weighted by Crippen LogP contribution is -2.44. The first-order valence-corrected chi connectivity index (χ1v) is 9.96. The number of hydrogen-bond acceptors (Lipinski definition) is 7. The van der Waals surface area contributed by atoms with E-state index in [1.807, 2.05) is 0 Å². The minimum Gasteiger partial charge on any atom is -0.465 e. The molecule has 1 spiro atoms. The number of rotatable bonds is 4. The van der Waals surface area contributed by atoms with E-state index in [1.54, 1.807) is 0 Å². The van der Waals surface area contributed by atoms with E-state index in [0.29, 0.717) is 23.4 Å². The molecule has 13 heteroatoms. The van der Waals surface area contributed by atoms with Crippen molar-refractivity contribution < 1.29 is 43.7 Å². The molecule has 0 aromatic carbocycles. The van der Waals surface area contributed by atoms with Crippen LogP contribution in [0.3, 0.4) is 0 Å². The number of ether oxygens (including phenoxy) is 1. The van der Waals surface area contributed by atoms with Gasteiger partial charge in [0, 0.05) is 0 Å². The van der Waals surface area contributed by atoms with Crippen molar-refractivity contribution in [2.24, 2.45) is 17.3 Å². The van der Waals surface area contributed by atoms with Crippen molar-refractivity contribution in [3.05, 3.63) is 0 Å². The zero-order valence-electron chi connectivity index (χ0n) is 12.1. The number of nitrogens with one attached hydrogen (secondary N) is 1. The van der Waals surface area contributed by atoms with E-state index in [-0.39, 0.29) is 30.8 Å². The molecule has 1 saturated heterocycles. The third-order valence-corrected chi connectivity index (χ3v) is 7.80. The summed E-state index contributed by atoms with van der Waals surface area (Å²) in [4.78, 5) is 11.9. The van der Waals surface area contributed by atoms with Crippen molar-refractivity contribution in [2.45, 2.75) is 37.3 Å². The summed E-state index contributed by atoms with van der Waals surface area (Å²) in [5.74, 6) is -0.878. The fourth-order valence-electron chi connectivity index (χ4n) is 4.00. The molecule has 1 N–H and O–H groups in total. The largest absolute Gasteiger partial charge is 0.512 e. The smallest absolute Gasteiger partial charge is 0.465 e. The lowest BCUT2D eigenvalue weighted by molar-refractivity contribution is -0.149. The zero-order chi connectivity index (χ0) is 18.0. The summed E-state index contributed by atoms with van der Waals surface area (Å²) in [6.45, 7) is 0.289. The Morgan fingerprint density at radius 3 is 2.33 bits per heavy atom. The molecular formula is C11H14F3NO7S2. The van der Waals surface area contributed by atoms with Gasteiger partial charge in [0.05, 0.1) is 18.1 Å². The molecular weight excluding hydrogens is 379 g/mol. The van der Waals surface area contributed by atoms with Gasteiger partial charge in [-0.1, -0.05) is 4.13 Å². The summed E-state index contributed by atoms with van der Waals surface area (Å²) < 4.78 is 91.9. The zero-order valence-corrected chi connectivity index (χ0v) is 13.7. The molecule has 2 bridgehead atoms. The van der Waals surface area contributed by atoms with Crippen molar-refractivity contribution >= 4 is 26.3 Å². The van der Waals surface area contributed by atoms with Gasteiger partial charge in [-0.3, -0.25) is 8.98 Å². The minimum atomic E-state index is -6.08. The molecule has 0 amide bonds. The maximum absolute atomic E-state index is 12.2. The molecule has 1 heterocycles. The van der Waals surface area contributed by atoms with Gasteiger partial charge < -0.3 is 4.74 Å². The van der Waals surface area contributed by atoms with Crippen LogP contribution in [0.1, 0.15) is 25.7 Å². The van der Waals surface area contributed by atoms with Crippen molar-refractivity contribution in [1.29, 1.82) is 0 Å². The second kappa shape index (κ2) is 5.29. The maximum atomic E-state index is 12.2. The van der Waals surface area contributed by atoms with Crippen LogP contribution in [0.25, 0.3) is 0 Å². The van der Waals surface area contributed by atoms with Gasteiger partial charge >= 0.3 is 31.8 Å². The summed E-state index contributed by atoms with van der Waals surface area (Å²) in [6, 6.07) is 0. The Hall–Kier alpha value is -0.920. The number of cyclic esters (lactones) is 1. The number of hydrogen-bond donors (Lipinski definition) is 1.